The number of hydrogen-bond donors (Lipinski definition) is 2. The molecule has 0 saturated carbocycles. The van der Waals surface area contributed by atoms with Crippen molar-refractivity contribution in [3.05, 3.63) is 71.8 Å². The molecule has 0 atom stereocenters. The number of aliphatic carboxylic acids is 2. The van der Waals surface area contributed by atoms with Crippen LogP contribution in [0.2, 0.25) is 0 Å². The van der Waals surface area contributed by atoms with E-state index < -0.39 is 23.3 Å². The smallest absolute Gasteiger partial charge is 0.321 e. The van der Waals surface area contributed by atoms with Crippen LogP contribution in [0.1, 0.15) is 24.0 Å². The average Bonchev–Trinajstić information content (AvgIpc) is 2.49. The van der Waals surface area contributed by atoms with Crippen LogP contribution in [0.25, 0.3) is 0 Å². The number of hydrogen-bond acceptors (Lipinski definition) is 2. The molecule has 108 valence electrons. The Bertz CT molecular complexity index is 581. The van der Waals surface area contributed by atoms with Gasteiger partial charge in [-0.15, -0.1) is 0 Å². The van der Waals surface area contributed by atoms with Crippen LogP contribution in [-0.4, -0.2) is 22.2 Å². The molecule has 4 heteroatoms. The first-order valence-electron chi connectivity index (χ1n) is 6.54. The number of carboxylic acids is 2. The van der Waals surface area contributed by atoms with Crippen molar-refractivity contribution in [1.29, 1.82) is 0 Å². The van der Waals surface area contributed by atoms with E-state index in [2.05, 4.69) is 0 Å². The fraction of sp³-hybridized carbons (Fsp3) is 0.176. The molecule has 0 unspecified atom stereocenters. The number of benzene rings is 2. The Morgan fingerprint density at radius 2 is 1.14 bits per heavy atom. The third-order valence-corrected chi connectivity index (χ3v) is 3.73. The van der Waals surface area contributed by atoms with Gasteiger partial charge in [0.1, 0.15) is 0 Å². The van der Waals surface area contributed by atoms with Gasteiger partial charge in [0.15, 0.2) is 5.41 Å². The molecule has 0 aromatic heterocycles. The quantitative estimate of drug-likeness (QED) is 0.828. The second-order valence-corrected chi connectivity index (χ2v) is 5.07. The van der Waals surface area contributed by atoms with Crippen LogP contribution in [0.4, 0.5) is 0 Å². The largest absolute Gasteiger partial charge is 0.480 e. The lowest BCUT2D eigenvalue weighted by Crippen LogP contribution is -2.42. The molecule has 0 spiro atoms. The zero-order valence-corrected chi connectivity index (χ0v) is 11.6. The molecule has 0 saturated heterocycles. The van der Waals surface area contributed by atoms with Crippen LogP contribution in [-0.2, 0) is 9.59 Å². The standard InChI is InChI=1S/C17H16O4/c1-17(15(18)19,16(20)21)14(12-8-4-2-5-9-12)13-10-6-3-7-11-13/h2-11,14H,1H3,(H,18,19)(H,20,21). The van der Waals surface area contributed by atoms with Crippen molar-refractivity contribution in [3.63, 3.8) is 0 Å². The van der Waals surface area contributed by atoms with Gasteiger partial charge in [0.25, 0.3) is 0 Å². The molecule has 0 fully saturated rings. The Hall–Kier alpha value is -2.62. The second-order valence-electron chi connectivity index (χ2n) is 5.07. The highest BCUT2D eigenvalue weighted by Crippen LogP contribution is 2.41. The van der Waals surface area contributed by atoms with Gasteiger partial charge in [0.05, 0.1) is 0 Å². The Morgan fingerprint density at radius 1 is 0.810 bits per heavy atom. The first-order chi connectivity index (χ1) is 9.98. The van der Waals surface area contributed by atoms with Gasteiger partial charge in [0.2, 0.25) is 0 Å². The van der Waals surface area contributed by atoms with Gasteiger partial charge in [-0.3, -0.25) is 9.59 Å². The van der Waals surface area contributed by atoms with Crippen molar-refractivity contribution in [2.75, 3.05) is 0 Å². The Morgan fingerprint density at radius 3 is 1.43 bits per heavy atom. The molecule has 2 N–H and O–H groups in total. The maximum Gasteiger partial charge on any atom is 0.321 e. The van der Waals surface area contributed by atoms with Gasteiger partial charge in [-0.25, -0.2) is 0 Å². The molecular weight excluding hydrogens is 268 g/mol. The third-order valence-electron chi connectivity index (χ3n) is 3.73. The minimum Gasteiger partial charge on any atom is -0.480 e. The van der Waals surface area contributed by atoms with E-state index >= 15 is 0 Å². The van der Waals surface area contributed by atoms with E-state index in [0.717, 1.165) is 0 Å². The highest BCUT2D eigenvalue weighted by molar-refractivity contribution is 5.99. The van der Waals surface area contributed by atoms with E-state index in [9.17, 15) is 19.8 Å². The van der Waals surface area contributed by atoms with Crippen molar-refractivity contribution in [3.8, 4) is 0 Å². The zero-order chi connectivity index (χ0) is 15.5. The molecule has 0 amide bonds. The van der Waals surface area contributed by atoms with Gasteiger partial charge in [-0.2, -0.15) is 0 Å². The van der Waals surface area contributed by atoms with Crippen molar-refractivity contribution >= 4 is 11.9 Å². The molecule has 0 radical (unpaired) electrons. The van der Waals surface area contributed by atoms with Crippen LogP contribution >= 0.6 is 0 Å². The third kappa shape index (κ3) is 2.65. The van der Waals surface area contributed by atoms with Gasteiger partial charge in [-0.05, 0) is 18.1 Å². The first-order valence-corrected chi connectivity index (χ1v) is 6.54. The summed E-state index contributed by atoms with van der Waals surface area (Å²) in [5.41, 5.74) is -0.616. The van der Waals surface area contributed by atoms with E-state index in [-0.39, 0.29) is 0 Å². The van der Waals surface area contributed by atoms with Crippen molar-refractivity contribution in [2.45, 2.75) is 12.8 Å². The molecule has 2 aromatic rings. The van der Waals surface area contributed by atoms with Gasteiger partial charge in [-0.1, -0.05) is 60.7 Å². The number of carbonyl (C=O) groups is 2. The SMILES string of the molecule is CC(C(=O)O)(C(=O)O)C(c1ccccc1)c1ccccc1. The molecule has 0 aliphatic heterocycles. The van der Waals surface area contributed by atoms with Gasteiger partial charge in [0, 0.05) is 5.92 Å². The minimum absolute atomic E-state index is 0.663. The Balaban J connectivity index is 2.67. The summed E-state index contributed by atoms with van der Waals surface area (Å²) in [5, 5.41) is 19.0. The van der Waals surface area contributed by atoms with Crippen molar-refractivity contribution in [1.82, 2.24) is 0 Å². The van der Waals surface area contributed by atoms with Crippen LogP contribution in [0.3, 0.4) is 0 Å². The van der Waals surface area contributed by atoms with E-state index in [0.29, 0.717) is 11.1 Å². The predicted molar refractivity (Wildman–Crippen MR) is 78.1 cm³/mol. The summed E-state index contributed by atoms with van der Waals surface area (Å²) >= 11 is 0. The summed E-state index contributed by atoms with van der Waals surface area (Å²) in [6.07, 6.45) is 0. The van der Waals surface area contributed by atoms with E-state index in [1.165, 1.54) is 6.92 Å². The maximum absolute atomic E-state index is 11.7. The van der Waals surface area contributed by atoms with Crippen LogP contribution in [0, 0.1) is 5.41 Å². The van der Waals surface area contributed by atoms with Crippen molar-refractivity contribution < 1.29 is 19.8 Å². The summed E-state index contributed by atoms with van der Waals surface area (Å²) in [6, 6.07) is 17.7. The Kier molecular flexibility index (Phi) is 4.08. The normalized spacial score (nSPS) is 11.3. The van der Waals surface area contributed by atoms with Crippen LogP contribution in [0.15, 0.2) is 60.7 Å². The lowest BCUT2D eigenvalue weighted by atomic mass is 9.70. The predicted octanol–water partition coefficient (Wildman–Crippen LogP) is 2.99. The summed E-state index contributed by atoms with van der Waals surface area (Å²) in [5.74, 6) is -3.48. The second kappa shape index (κ2) is 5.79. The monoisotopic (exact) mass is 284 g/mol. The minimum atomic E-state index is -1.94. The number of carboxylic acid groups (broad SMARTS) is 2. The summed E-state index contributed by atoms with van der Waals surface area (Å²) in [7, 11) is 0. The van der Waals surface area contributed by atoms with Crippen LogP contribution in [0.5, 0.6) is 0 Å². The molecule has 2 aromatic carbocycles. The topological polar surface area (TPSA) is 74.6 Å². The molecule has 0 bridgehead atoms. The highest BCUT2D eigenvalue weighted by Gasteiger charge is 2.50. The molecule has 0 aliphatic rings. The summed E-state index contributed by atoms with van der Waals surface area (Å²) in [6.45, 7) is 1.25. The lowest BCUT2D eigenvalue weighted by Gasteiger charge is -2.31. The van der Waals surface area contributed by atoms with Gasteiger partial charge >= 0.3 is 11.9 Å². The molecule has 0 aliphatic carbocycles. The van der Waals surface area contributed by atoms with Gasteiger partial charge < -0.3 is 10.2 Å². The Labute approximate surface area is 122 Å². The fourth-order valence-electron chi connectivity index (χ4n) is 2.49. The lowest BCUT2D eigenvalue weighted by molar-refractivity contribution is -0.164. The van der Waals surface area contributed by atoms with Crippen LogP contribution < -0.4 is 0 Å². The summed E-state index contributed by atoms with van der Waals surface area (Å²) in [4.78, 5) is 23.3. The number of rotatable bonds is 5. The molecule has 0 heterocycles. The highest BCUT2D eigenvalue weighted by atomic mass is 16.4. The van der Waals surface area contributed by atoms with Crippen molar-refractivity contribution in [2.24, 2.45) is 5.41 Å². The molecule has 21 heavy (non-hydrogen) atoms. The zero-order valence-electron chi connectivity index (χ0n) is 11.6. The maximum atomic E-state index is 11.7. The average molecular weight is 284 g/mol. The summed E-state index contributed by atoms with van der Waals surface area (Å²) < 4.78 is 0. The first kappa shape index (κ1) is 14.8. The van der Waals surface area contributed by atoms with E-state index in [1.807, 2.05) is 12.1 Å². The molecule has 4 nitrogen and oxygen atoms in total. The molecule has 2 rings (SSSR count). The van der Waals surface area contributed by atoms with E-state index in [4.69, 9.17) is 0 Å². The van der Waals surface area contributed by atoms with E-state index in [1.54, 1.807) is 48.5 Å². The molecular formula is C17H16O4. The fourth-order valence-corrected chi connectivity index (χ4v) is 2.49.